The van der Waals surface area contributed by atoms with E-state index in [-0.39, 0.29) is 0 Å². The Morgan fingerprint density at radius 2 is 2.40 bits per heavy atom. The number of nitrogens with one attached hydrogen (secondary N) is 1. The molecule has 1 fully saturated rings. The molecule has 15 heavy (non-hydrogen) atoms. The Balaban J connectivity index is 1.92. The van der Waals surface area contributed by atoms with Gasteiger partial charge in [-0.1, -0.05) is 11.6 Å². The van der Waals surface area contributed by atoms with Gasteiger partial charge in [-0.3, -0.25) is 0 Å². The average molecular weight is 243 g/mol. The van der Waals surface area contributed by atoms with Gasteiger partial charge < -0.3 is 11.1 Å². The Bertz CT molecular complexity index is 337. The molecule has 1 atom stereocenters. The second kappa shape index (κ2) is 4.99. The predicted octanol–water partition coefficient (Wildman–Crippen LogP) is 3.09. The van der Waals surface area contributed by atoms with Crippen LogP contribution in [-0.2, 0) is 0 Å². The fourth-order valence-corrected chi connectivity index (χ4v) is 3.21. The summed E-state index contributed by atoms with van der Waals surface area (Å²) in [5, 5.41) is 4.09. The van der Waals surface area contributed by atoms with Crippen molar-refractivity contribution >= 4 is 34.7 Å². The second-order valence-electron chi connectivity index (χ2n) is 3.85. The molecule has 3 N–H and O–H groups in total. The zero-order chi connectivity index (χ0) is 10.7. The molecule has 0 aliphatic carbocycles. The van der Waals surface area contributed by atoms with E-state index < -0.39 is 0 Å². The lowest BCUT2D eigenvalue weighted by molar-refractivity contribution is 0.632. The molecule has 1 heterocycles. The topological polar surface area (TPSA) is 38.0 Å². The minimum atomic E-state index is 0.709. The lowest BCUT2D eigenvalue weighted by Crippen LogP contribution is -2.13. The third-order valence-corrected chi connectivity index (χ3v) is 4.14. The Morgan fingerprint density at radius 1 is 1.53 bits per heavy atom. The Hall–Kier alpha value is -0.540. The first-order valence-corrected chi connectivity index (χ1v) is 6.65. The van der Waals surface area contributed by atoms with E-state index in [2.05, 4.69) is 5.32 Å². The molecule has 4 heteroatoms. The van der Waals surface area contributed by atoms with Crippen LogP contribution < -0.4 is 11.1 Å². The zero-order valence-electron chi connectivity index (χ0n) is 8.50. The normalized spacial score (nSPS) is 20.5. The molecule has 1 aromatic carbocycles. The molecule has 1 unspecified atom stereocenters. The molecule has 0 bridgehead atoms. The summed E-state index contributed by atoms with van der Waals surface area (Å²) in [6.45, 7) is 1.01. The molecular weight excluding hydrogens is 228 g/mol. The SMILES string of the molecule is Nc1ccc(NCC2CCSC2)c(Cl)c1. The first kappa shape index (κ1) is 11.0. The van der Waals surface area contributed by atoms with Crippen molar-refractivity contribution in [1.29, 1.82) is 0 Å². The van der Waals surface area contributed by atoms with Crippen LogP contribution in [-0.4, -0.2) is 18.1 Å². The highest BCUT2D eigenvalue weighted by Crippen LogP contribution is 2.27. The van der Waals surface area contributed by atoms with E-state index in [0.29, 0.717) is 10.7 Å². The number of halogens is 1. The van der Waals surface area contributed by atoms with Crippen molar-refractivity contribution in [1.82, 2.24) is 0 Å². The first-order valence-electron chi connectivity index (χ1n) is 5.12. The van der Waals surface area contributed by atoms with Crippen molar-refractivity contribution in [3.05, 3.63) is 23.2 Å². The van der Waals surface area contributed by atoms with Crippen LogP contribution in [0.25, 0.3) is 0 Å². The van der Waals surface area contributed by atoms with Gasteiger partial charge in [-0.15, -0.1) is 0 Å². The monoisotopic (exact) mass is 242 g/mol. The molecule has 1 aromatic rings. The maximum absolute atomic E-state index is 6.07. The maximum atomic E-state index is 6.07. The van der Waals surface area contributed by atoms with Gasteiger partial charge in [-0.25, -0.2) is 0 Å². The van der Waals surface area contributed by atoms with E-state index in [1.165, 1.54) is 17.9 Å². The summed E-state index contributed by atoms with van der Waals surface area (Å²) < 4.78 is 0. The van der Waals surface area contributed by atoms with Gasteiger partial charge in [0.25, 0.3) is 0 Å². The van der Waals surface area contributed by atoms with E-state index in [1.807, 2.05) is 23.9 Å². The first-order chi connectivity index (χ1) is 7.25. The fraction of sp³-hybridized carbons (Fsp3) is 0.455. The molecule has 1 aliphatic heterocycles. The summed E-state index contributed by atoms with van der Waals surface area (Å²) in [6.07, 6.45) is 1.31. The molecule has 0 spiro atoms. The summed E-state index contributed by atoms with van der Waals surface area (Å²) in [5.41, 5.74) is 7.33. The number of nitrogens with two attached hydrogens (primary N) is 1. The van der Waals surface area contributed by atoms with Crippen molar-refractivity contribution in [2.45, 2.75) is 6.42 Å². The van der Waals surface area contributed by atoms with E-state index in [0.717, 1.165) is 18.2 Å². The maximum Gasteiger partial charge on any atom is 0.0657 e. The van der Waals surface area contributed by atoms with Crippen LogP contribution in [0.5, 0.6) is 0 Å². The third-order valence-electron chi connectivity index (χ3n) is 2.60. The minimum absolute atomic E-state index is 0.709. The number of hydrogen-bond acceptors (Lipinski definition) is 3. The van der Waals surface area contributed by atoms with Gasteiger partial charge in [0.1, 0.15) is 0 Å². The summed E-state index contributed by atoms with van der Waals surface area (Å²) >= 11 is 8.10. The highest BCUT2D eigenvalue weighted by molar-refractivity contribution is 7.99. The minimum Gasteiger partial charge on any atom is -0.399 e. The standard InChI is InChI=1S/C11H15ClN2S/c12-10-5-9(13)1-2-11(10)14-6-8-3-4-15-7-8/h1-2,5,8,14H,3-4,6-7,13H2. The Labute approximate surface area is 99.6 Å². The van der Waals surface area contributed by atoms with Crippen LogP contribution >= 0.6 is 23.4 Å². The lowest BCUT2D eigenvalue weighted by atomic mass is 10.1. The van der Waals surface area contributed by atoms with Crippen LogP contribution in [0.3, 0.4) is 0 Å². The summed E-state index contributed by atoms with van der Waals surface area (Å²) in [4.78, 5) is 0. The number of anilines is 2. The molecule has 0 radical (unpaired) electrons. The summed E-state index contributed by atoms with van der Waals surface area (Å²) in [7, 11) is 0. The molecule has 2 nitrogen and oxygen atoms in total. The van der Waals surface area contributed by atoms with Gasteiger partial charge in [-0.2, -0.15) is 11.8 Å². The van der Waals surface area contributed by atoms with Gasteiger partial charge in [0.2, 0.25) is 0 Å². The molecule has 0 amide bonds. The number of thioether (sulfide) groups is 1. The van der Waals surface area contributed by atoms with Crippen molar-refractivity contribution in [3.63, 3.8) is 0 Å². The van der Waals surface area contributed by atoms with Crippen LogP contribution in [0.1, 0.15) is 6.42 Å². The Kier molecular flexibility index (Phi) is 3.65. The lowest BCUT2D eigenvalue weighted by Gasteiger charge is -2.12. The quantitative estimate of drug-likeness (QED) is 0.800. The largest absolute Gasteiger partial charge is 0.399 e. The zero-order valence-corrected chi connectivity index (χ0v) is 10.1. The number of hydrogen-bond donors (Lipinski definition) is 2. The molecule has 1 saturated heterocycles. The molecule has 1 aliphatic rings. The van der Waals surface area contributed by atoms with Crippen LogP contribution in [0.15, 0.2) is 18.2 Å². The van der Waals surface area contributed by atoms with E-state index in [1.54, 1.807) is 6.07 Å². The number of nitrogen functional groups attached to an aromatic ring is 1. The highest BCUT2D eigenvalue weighted by atomic mass is 35.5. The molecule has 0 saturated carbocycles. The van der Waals surface area contributed by atoms with E-state index in [4.69, 9.17) is 17.3 Å². The molecule has 82 valence electrons. The Morgan fingerprint density at radius 3 is 3.07 bits per heavy atom. The second-order valence-corrected chi connectivity index (χ2v) is 5.41. The molecule has 0 aromatic heterocycles. The number of benzene rings is 1. The molecular formula is C11H15ClN2S. The summed E-state index contributed by atoms with van der Waals surface area (Å²) in [6, 6.07) is 5.60. The number of rotatable bonds is 3. The smallest absolute Gasteiger partial charge is 0.0657 e. The van der Waals surface area contributed by atoms with Gasteiger partial charge in [0.15, 0.2) is 0 Å². The van der Waals surface area contributed by atoms with Gasteiger partial charge in [0.05, 0.1) is 10.7 Å². The highest BCUT2D eigenvalue weighted by Gasteiger charge is 2.15. The van der Waals surface area contributed by atoms with Crippen molar-refractivity contribution in [3.8, 4) is 0 Å². The van der Waals surface area contributed by atoms with Crippen LogP contribution in [0.4, 0.5) is 11.4 Å². The molecule has 2 rings (SSSR count). The van der Waals surface area contributed by atoms with Gasteiger partial charge >= 0.3 is 0 Å². The van der Waals surface area contributed by atoms with Crippen molar-refractivity contribution in [2.75, 3.05) is 29.1 Å². The van der Waals surface area contributed by atoms with Crippen molar-refractivity contribution < 1.29 is 0 Å². The van der Waals surface area contributed by atoms with Gasteiger partial charge in [0, 0.05) is 12.2 Å². The van der Waals surface area contributed by atoms with E-state index in [9.17, 15) is 0 Å². The summed E-state index contributed by atoms with van der Waals surface area (Å²) in [5.74, 6) is 3.34. The third kappa shape index (κ3) is 2.95. The van der Waals surface area contributed by atoms with Crippen LogP contribution in [0, 0.1) is 5.92 Å². The van der Waals surface area contributed by atoms with Crippen LogP contribution in [0.2, 0.25) is 5.02 Å². The predicted molar refractivity (Wildman–Crippen MR) is 69.8 cm³/mol. The average Bonchev–Trinajstić information content (AvgIpc) is 2.69. The van der Waals surface area contributed by atoms with Gasteiger partial charge in [-0.05, 0) is 42.0 Å². The van der Waals surface area contributed by atoms with Crippen molar-refractivity contribution in [2.24, 2.45) is 5.92 Å². The fourth-order valence-electron chi connectivity index (χ4n) is 1.67. The van der Waals surface area contributed by atoms with E-state index >= 15 is 0 Å².